The van der Waals surface area contributed by atoms with Crippen molar-refractivity contribution in [3.8, 4) is 0 Å². The van der Waals surface area contributed by atoms with Gasteiger partial charge in [-0.3, -0.25) is 47.4 Å². The number of rotatable bonds is 18. The summed E-state index contributed by atoms with van der Waals surface area (Å²) in [5, 5.41) is 4.71. The van der Waals surface area contributed by atoms with Gasteiger partial charge in [0.25, 0.3) is 5.79 Å². The molecule has 2 saturated heterocycles. The smallest absolute Gasteiger partial charge is 0.465 e. The van der Waals surface area contributed by atoms with Crippen LogP contribution in [0.25, 0.3) is 0 Å². The molecule has 2 aliphatic rings. The van der Waals surface area contributed by atoms with E-state index in [1.54, 1.807) is 0 Å². The second-order valence-corrected chi connectivity index (χ2v) is 15.1. The summed E-state index contributed by atoms with van der Waals surface area (Å²) >= 11 is 0. The number of nitrogens with zero attached hydrogens (tertiary/aromatic N) is 2. The number of ether oxygens (including phenoxy) is 9. The summed E-state index contributed by atoms with van der Waals surface area (Å²) in [6, 6.07) is -0.486. The van der Waals surface area contributed by atoms with Gasteiger partial charge in [0.05, 0.1) is 26.2 Å². The number of phosphoric acid groups is 1. The number of hydrogen-bond donors (Lipinski definition) is 3. The van der Waals surface area contributed by atoms with Gasteiger partial charge in [-0.15, -0.1) is 0 Å². The number of carbonyl (C=O) groups excluding carboxylic acids is 9. The van der Waals surface area contributed by atoms with E-state index in [4.69, 9.17) is 51.7 Å². The molecule has 350 valence electrons. The molecule has 1 aromatic heterocycles. The zero-order valence-corrected chi connectivity index (χ0v) is 36.1. The van der Waals surface area contributed by atoms with Crippen molar-refractivity contribution in [1.29, 1.82) is 0 Å². The number of anilines is 1. The van der Waals surface area contributed by atoms with E-state index in [9.17, 15) is 57.4 Å². The highest BCUT2D eigenvalue weighted by atomic mass is 31.2. The molecule has 1 aromatic rings. The van der Waals surface area contributed by atoms with E-state index in [0.29, 0.717) is 0 Å². The Balaban J connectivity index is 2.14. The SMILES string of the molecule is COC(=O)[C@]1(OP(=O)(O)OC[C@H]2O[C@@H](n3ccc(NC(C)=O)nc3=O)[C@H](OC(C)=O)[C@@H]2OC(C)=O)C[C@H](OC(C)=O)[C@@H](NC(C)=O)[C@H]([C@H](OC(C)=O)[C@@H](COC(C)=O)OC(C)=O)O1. The quantitative estimate of drug-likeness (QED) is 0.0867. The van der Waals surface area contributed by atoms with E-state index >= 15 is 0 Å². The molecule has 3 heterocycles. The minimum atomic E-state index is -5.81. The number of methoxy groups -OCH3 is 1. The van der Waals surface area contributed by atoms with Crippen LogP contribution >= 0.6 is 7.82 Å². The minimum absolute atomic E-state index is 0.169. The third kappa shape index (κ3) is 14.6. The van der Waals surface area contributed by atoms with Gasteiger partial charge in [-0.2, -0.15) is 4.98 Å². The molecule has 0 saturated carbocycles. The molecule has 2 fully saturated rings. The highest BCUT2D eigenvalue weighted by Crippen LogP contribution is 2.52. The Morgan fingerprint density at radius 3 is 1.98 bits per heavy atom. The fraction of sp³-hybridized carbons (Fsp3) is 0.629. The van der Waals surface area contributed by atoms with E-state index in [2.05, 4.69) is 15.6 Å². The first kappa shape index (κ1) is 51.5. The summed E-state index contributed by atoms with van der Waals surface area (Å²) in [5.41, 5.74) is -1.07. The van der Waals surface area contributed by atoms with Crippen LogP contribution in [0.5, 0.6) is 0 Å². The average Bonchev–Trinajstić information content (AvgIpc) is 3.45. The maximum absolute atomic E-state index is 14.0. The summed E-state index contributed by atoms with van der Waals surface area (Å²) < 4.78 is 73.9. The Morgan fingerprint density at radius 2 is 1.48 bits per heavy atom. The lowest BCUT2D eigenvalue weighted by atomic mass is 9.88. The normalized spacial score (nSPS) is 26.0. The Morgan fingerprint density at radius 1 is 0.873 bits per heavy atom. The molecule has 27 nitrogen and oxygen atoms in total. The molecule has 0 spiro atoms. The molecule has 2 aliphatic heterocycles. The third-order valence-corrected chi connectivity index (χ3v) is 9.46. The van der Waals surface area contributed by atoms with Crippen molar-refractivity contribution in [3.63, 3.8) is 0 Å². The minimum Gasteiger partial charge on any atom is -0.465 e. The number of amides is 2. The lowest BCUT2D eigenvalue weighted by Gasteiger charge is -2.48. The summed E-state index contributed by atoms with van der Waals surface area (Å²) in [7, 11) is -5.02. The van der Waals surface area contributed by atoms with E-state index in [1.165, 1.54) is 6.07 Å². The van der Waals surface area contributed by atoms with Crippen LogP contribution in [-0.4, -0.2) is 143 Å². The largest absolute Gasteiger partial charge is 0.475 e. The summed E-state index contributed by atoms with van der Waals surface area (Å²) in [5.74, 6) is -12.4. The Kier molecular flexibility index (Phi) is 18.0. The third-order valence-electron chi connectivity index (χ3n) is 8.46. The molecule has 11 atom stereocenters. The van der Waals surface area contributed by atoms with Crippen molar-refractivity contribution in [1.82, 2.24) is 14.9 Å². The molecular formula is C35H47N4O23P. The molecule has 28 heteroatoms. The Bertz CT molecular complexity index is 2040. The lowest BCUT2D eigenvalue weighted by Crippen LogP contribution is -2.69. The van der Waals surface area contributed by atoms with Gasteiger partial charge in [-0.1, -0.05) is 0 Å². The first-order valence-corrected chi connectivity index (χ1v) is 20.0. The van der Waals surface area contributed by atoms with Crippen LogP contribution in [0.15, 0.2) is 17.1 Å². The van der Waals surface area contributed by atoms with Crippen LogP contribution < -0.4 is 16.3 Å². The number of hydrogen-bond acceptors (Lipinski definition) is 23. The van der Waals surface area contributed by atoms with Crippen LogP contribution in [0, 0.1) is 0 Å². The molecule has 1 unspecified atom stereocenters. The average molecular weight is 923 g/mol. The van der Waals surface area contributed by atoms with E-state index in [-0.39, 0.29) is 5.82 Å². The van der Waals surface area contributed by atoms with Crippen molar-refractivity contribution in [3.05, 3.63) is 22.7 Å². The van der Waals surface area contributed by atoms with Gasteiger partial charge in [0, 0.05) is 61.6 Å². The van der Waals surface area contributed by atoms with Gasteiger partial charge in [-0.25, -0.2) is 18.7 Å². The number of phosphoric ester groups is 1. The Hall–Kier alpha value is -5.86. The first-order chi connectivity index (χ1) is 29.3. The van der Waals surface area contributed by atoms with Gasteiger partial charge >= 0.3 is 55.3 Å². The predicted octanol–water partition coefficient (Wildman–Crippen LogP) is -1.38. The van der Waals surface area contributed by atoms with E-state index < -0.39 is 148 Å². The molecule has 63 heavy (non-hydrogen) atoms. The van der Waals surface area contributed by atoms with Crippen LogP contribution in [0.4, 0.5) is 5.82 Å². The lowest BCUT2D eigenvalue weighted by molar-refractivity contribution is -0.293. The highest BCUT2D eigenvalue weighted by Gasteiger charge is 2.62. The van der Waals surface area contributed by atoms with Crippen LogP contribution in [0.2, 0.25) is 0 Å². The maximum Gasteiger partial charge on any atom is 0.475 e. The highest BCUT2D eigenvalue weighted by molar-refractivity contribution is 7.47. The number of aromatic nitrogens is 2. The van der Waals surface area contributed by atoms with E-state index in [0.717, 1.165) is 73.3 Å². The molecule has 3 rings (SSSR count). The first-order valence-electron chi connectivity index (χ1n) is 18.5. The Labute approximate surface area is 357 Å². The van der Waals surface area contributed by atoms with Gasteiger partial charge < -0.3 is 58.2 Å². The zero-order valence-electron chi connectivity index (χ0n) is 35.2. The molecule has 0 aromatic carbocycles. The second-order valence-electron chi connectivity index (χ2n) is 13.7. The van der Waals surface area contributed by atoms with Gasteiger partial charge in [0.1, 0.15) is 30.7 Å². The molecule has 0 bridgehead atoms. The molecule has 0 aliphatic carbocycles. The fourth-order valence-corrected chi connectivity index (χ4v) is 7.40. The molecule has 2 amide bonds. The number of nitrogens with one attached hydrogen (secondary N) is 2. The molecule has 3 N–H and O–H groups in total. The zero-order chi connectivity index (χ0) is 47.6. The second kappa shape index (κ2) is 22.0. The van der Waals surface area contributed by atoms with E-state index in [1.807, 2.05) is 0 Å². The summed E-state index contributed by atoms with van der Waals surface area (Å²) in [6.45, 7) is 5.86. The molecule has 0 radical (unpaired) electrons. The predicted molar refractivity (Wildman–Crippen MR) is 200 cm³/mol. The molecular weight excluding hydrogens is 875 g/mol. The van der Waals surface area contributed by atoms with Crippen molar-refractivity contribution in [2.24, 2.45) is 0 Å². The number of esters is 7. The van der Waals surface area contributed by atoms with Crippen molar-refractivity contribution < 1.29 is 104 Å². The number of carbonyl (C=O) groups is 9. The topological polar surface area (TPSA) is 351 Å². The van der Waals surface area contributed by atoms with Gasteiger partial charge in [0.2, 0.25) is 11.8 Å². The summed E-state index contributed by atoms with van der Waals surface area (Å²) in [6.07, 6.45) is -14.4. The standard InChI is InChI=1S/C35H47N4O23P/c1-15(40)36-26-10-11-39(34(49)38-26)32-31(59-22(8)47)29(58-21(7)46)25(60-32)14-54-63(50,51)62-35(33(48)52-9)12-23(55-18(4)43)27(37-16(2)41)30(61-35)28(57-20(6)45)24(56-19(5)44)13-53-17(3)42/h10-11,23-25,27-32H,12-14H2,1-9H3,(H,37,41)(H,50,51)(H,36,38,40,49)/t23-,24+,25+,27+,28+,29+,30+,31+,32+,35+/m0/s1. The summed E-state index contributed by atoms with van der Waals surface area (Å²) in [4.78, 5) is 139. The van der Waals surface area contributed by atoms with Crippen LogP contribution in [-0.2, 0) is 99.4 Å². The monoisotopic (exact) mass is 922 g/mol. The fourth-order valence-electron chi connectivity index (χ4n) is 6.45. The van der Waals surface area contributed by atoms with Gasteiger partial charge in [0.15, 0.2) is 30.6 Å². The maximum atomic E-state index is 14.0. The van der Waals surface area contributed by atoms with Crippen molar-refractivity contribution >= 4 is 67.2 Å². The van der Waals surface area contributed by atoms with Crippen molar-refractivity contribution in [2.75, 3.05) is 25.6 Å². The van der Waals surface area contributed by atoms with Crippen LogP contribution in [0.1, 0.15) is 68.0 Å². The van der Waals surface area contributed by atoms with Gasteiger partial charge in [-0.05, 0) is 6.07 Å². The van der Waals surface area contributed by atoms with Crippen LogP contribution in [0.3, 0.4) is 0 Å². The van der Waals surface area contributed by atoms with Crippen molar-refractivity contribution in [2.45, 2.75) is 123 Å².